The summed E-state index contributed by atoms with van der Waals surface area (Å²) in [6, 6.07) is 20.0. The highest BCUT2D eigenvalue weighted by atomic mass is 16.1. The molecule has 0 aromatic heterocycles. The lowest BCUT2D eigenvalue weighted by Crippen LogP contribution is -2.40. The van der Waals surface area contributed by atoms with Gasteiger partial charge >= 0.3 is 0 Å². The van der Waals surface area contributed by atoms with Gasteiger partial charge in [0.25, 0.3) is 0 Å². The normalized spacial score (nSPS) is 13.2. The van der Waals surface area contributed by atoms with Gasteiger partial charge in [0.1, 0.15) is 0 Å². The van der Waals surface area contributed by atoms with E-state index in [4.69, 9.17) is 0 Å². The Labute approximate surface area is 133 Å². The standard InChI is InChI=1S/C20H24NO/c1-21(2,3)16-19(18-12-8-5-9-13-18)20(22)15-14-17-10-6-4-7-11-17/h4-15,19H,16H2,1-3H3/q+1. The topological polar surface area (TPSA) is 17.1 Å². The predicted octanol–water partition coefficient (Wildman–Crippen LogP) is 3.76. The Morgan fingerprint density at radius 2 is 1.50 bits per heavy atom. The molecule has 2 heteroatoms. The molecule has 2 rings (SSSR count). The maximum absolute atomic E-state index is 12.7. The van der Waals surface area contributed by atoms with E-state index in [9.17, 15) is 4.79 Å². The molecule has 2 nitrogen and oxygen atoms in total. The summed E-state index contributed by atoms with van der Waals surface area (Å²) in [5.41, 5.74) is 2.13. The summed E-state index contributed by atoms with van der Waals surface area (Å²) in [4.78, 5) is 12.7. The minimum Gasteiger partial charge on any atom is -0.330 e. The van der Waals surface area contributed by atoms with Gasteiger partial charge in [-0.2, -0.15) is 0 Å². The van der Waals surface area contributed by atoms with Crippen molar-refractivity contribution in [2.24, 2.45) is 0 Å². The van der Waals surface area contributed by atoms with E-state index in [0.29, 0.717) is 0 Å². The molecule has 1 atom stereocenters. The van der Waals surface area contributed by atoms with Crippen LogP contribution in [0.15, 0.2) is 66.7 Å². The molecule has 0 aliphatic carbocycles. The third-order valence-corrected chi connectivity index (χ3v) is 3.52. The Hall–Kier alpha value is -2.19. The van der Waals surface area contributed by atoms with Crippen LogP contribution in [0.25, 0.3) is 6.08 Å². The van der Waals surface area contributed by atoms with Gasteiger partial charge in [-0.1, -0.05) is 66.7 Å². The number of carbonyl (C=O) groups excluding carboxylic acids is 1. The summed E-state index contributed by atoms with van der Waals surface area (Å²) in [6.45, 7) is 0.780. The minimum absolute atomic E-state index is 0.110. The van der Waals surface area contributed by atoms with Gasteiger partial charge in [-0.25, -0.2) is 0 Å². The molecular weight excluding hydrogens is 270 g/mol. The zero-order chi connectivity index (χ0) is 16.0. The third kappa shape index (κ3) is 4.97. The fraction of sp³-hybridized carbons (Fsp3) is 0.250. The van der Waals surface area contributed by atoms with E-state index in [0.717, 1.165) is 22.2 Å². The number of quaternary nitrogens is 1. The summed E-state index contributed by atoms with van der Waals surface area (Å²) < 4.78 is 0.754. The molecule has 0 heterocycles. The van der Waals surface area contributed by atoms with Gasteiger partial charge in [0.05, 0.1) is 33.6 Å². The van der Waals surface area contributed by atoms with Crippen molar-refractivity contribution < 1.29 is 9.28 Å². The van der Waals surface area contributed by atoms with E-state index in [1.807, 2.05) is 66.7 Å². The van der Waals surface area contributed by atoms with Crippen LogP contribution in [0.2, 0.25) is 0 Å². The highest BCUT2D eigenvalue weighted by molar-refractivity contribution is 5.98. The summed E-state index contributed by atoms with van der Waals surface area (Å²) in [5.74, 6) is 0.0456. The lowest BCUT2D eigenvalue weighted by molar-refractivity contribution is -0.870. The molecule has 0 saturated heterocycles. The van der Waals surface area contributed by atoms with Crippen LogP contribution >= 0.6 is 0 Å². The van der Waals surface area contributed by atoms with Gasteiger partial charge in [0.2, 0.25) is 0 Å². The average Bonchev–Trinajstić information content (AvgIpc) is 2.51. The van der Waals surface area contributed by atoms with Crippen LogP contribution in [0.4, 0.5) is 0 Å². The van der Waals surface area contributed by atoms with Crippen LogP contribution in [0.1, 0.15) is 17.0 Å². The zero-order valence-electron chi connectivity index (χ0n) is 13.6. The number of rotatable bonds is 6. The molecule has 1 unspecified atom stereocenters. The van der Waals surface area contributed by atoms with Gasteiger partial charge in [-0.3, -0.25) is 4.79 Å². The number of allylic oxidation sites excluding steroid dienone is 1. The second kappa shape index (κ2) is 7.19. The second-order valence-corrected chi connectivity index (χ2v) is 6.58. The molecule has 22 heavy (non-hydrogen) atoms. The first-order valence-electron chi connectivity index (χ1n) is 7.58. The third-order valence-electron chi connectivity index (χ3n) is 3.52. The Morgan fingerprint density at radius 3 is 2.05 bits per heavy atom. The monoisotopic (exact) mass is 294 g/mol. The smallest absolute Gasteiger partial charge is 0.168 e. The first kappa shape index (κ1) is 16.2. The number of ketones is 1. The maximum atomic E-state index is 12.7. The Balaban J connectivity index is 2.21. The SMILES string of the molecule is C[N+](C)(C)CC(C(=O)C=Cc1ccccc1)c1ccccc1. The van der Waals surface area contributed by atoms with Crippen molar-refractivity contribution in [3.05, 3.63) is 77.9 Å². The lowest BCUT2D eigenvalue weighted by Gasteiger charge is -2.28. The Kier molecular flexibility index (Phi) is 5.29. The fourth-order valence-corrected chi connectivity index (χ4v) is 2.45. The van der Waals surface area contributed by atoms with E-state index in [-0.39, 0.29) is 11.7 Å². The largest absolute Gasteiger partial charge is 0.330 e. The quantitative estimate of drug-likeness (QED) is 0.585. The molecule has 0 saturated carbocycles. The lowest BCUT2D eigenvalue weighted by atomic mass is 9.93. The number of carbonyl (C=O) groups is 1. The molecular formula is C20H24NO+. The van der Waals surface area contributed by atoms with Gasteiger partial charge in [0.15, 0.2) is 5.78 Å². The first-order valence-corrected chi connectivity index (χ1v) is 7.58. The number of nitrogens with zero attached hydrogens (tertiary/aromatic N) is 1. The molecule has 2 aromatic rings. The summed E-state index contributed by atoms with van der Waals surface area (Å²) >= 11 is 0. The average molecular weight is 294 g/mol. The molecule has 0 bridgehead atoms. The molecule has 0 amide bonds. The van der Waals surface area contributed by atoms with Crippen molar-refractivity contribution in [2.45, 2.75) is 5.92 Å². The van der Waals surface area contributed by atoms with Crippen LogP contribution < -0.4 is 0 Å². The summed E-state index contributed by atoms with van der Waals surface area (Å²) in [6.07, 6.45) is 3.61. The van der Waals surface area contributed by atoms with Gasteiger partial charge < -0.3 is 4.48 Å². The molecule has 0 N–H and O–H groups in total. The van der Waals surface area contributed by atoms with Crippen molar-refractivity contribution in [1.82, 2.24) is 0 Å². The number of hydrogen-bond donors (Lipinski definition) is 0. The van der Waals surface area contributed by atoms with Crippen molar-refractivity contribution in [2.75, 3.05) is 27.7 Å². The van der Waals surface area contributed by atoms with Crippen LogP contribution in [-0.2, 0) is 4.79 Å². The molecule has 114 valence electrons. The maximum Gasteiger partial charge on any atom is 0.168 e. The van der Waals surface area contributed by atoms with E-state index >= 15 is 0 Å². The number of hydrogen-bond acceptors (Lipinski definition) is 1. The van der Waals surface area contributed by atoms with E-state index in [1.165, 1.54) is 0 Å². The fourth-order valence-electron chi connectivity index (χ4n) is 2.45. The number of likely N-dealkylation sites (N-methyl/N-ethyl adjacent to an activating group) is 1. The minimum atomic E-state index is -0.110. The predicted molar refractivity (Wildman–Crippen MR) is 92.6 cm³/mol. The molecule has 0 aliphatic rings. The highest BCUT2D eigenvalue weighted by Gasteiger charge is 2.25. The van der Waals surface area contributed by atoms with Crippen LogP contribution in [-0.4, -0.2) is 38.0 Å². The molecule has 2 aromatic carbocycles. The highest BCUT2D eigenvalue weighted by Crippen LogP contribution is 2.20. The molecule has 0 radical (unpaired) electrons. The van der Waals surface area contributed by atoms with Crippen LogP contribution in [0.3, 0.4) is 0 Å². The molecule has 0 spiro atoms. The molecule has 0 aliphatic heterocycles. The summed E-state index contributed by atoms with van der Waals surface area (Å²) in [7, 11) is 6.35. The van der Waals surface area contributed by atoms with E-state index in [1.54, 1.807) is 6.08 Å². The summed E-state index contributed by atoms with van der Waals surface area (Å²) in [5, 5.41) is 0. The van der Waals surface area contributed by atoms with Gasteiger partial charge in [-0.15, -0.1) is 0 Å². The van der Waals surface area contributed by atoms with E-state index in [2.05, 4.69) is 21.1 Å². The van der Waals surface area contributed by atoms with Crippen molar-refractivity contribution in [1.29, 1.82) is 0 Å². The van der Waals surface area contributed by atoms with Gasteiger partial charge in [-0.05, 0) is 17.2 Å². The second-order valence-electron chi connectivity index (χ2n) is 6.58. The van der Waals surface area contributed by atoms with Crippen molar-refractivity contribution >= 4 is 11.9 Å². The van der Waals surface area contributed by atoms with E-state index < -0.39 is 0 Å². The number of benzene rings is 2. The Bertz CT molecular complexity index is 624. The van der Waals surface area contributed by atoms with Crippen molar-refractivity contribution in [3.63, 3.8) is 0 Å². The van der Waals surface area contributed by atoms with Crippen LogP contribution in [0, 0.1) is 0 Å². The first-order chi connectivity index (χ1) is 10.5. The zero-order valence-corrected chi connectivity index (χ0v) is 13.6. The van der Waals surface area contributed by atoms with Gasteiger partial charge in [0, 0.05) is 0 Å². The Morgan fingerprint density at radius 1 is 0.955 bits per heavy atom. The molecule has 0 fully saturated rings. The van der Waals surface area contributed by atoms with Crippen molar-refractivity contribution in [3.8, 4) is 0 Å². The van der Waals surface area contributed by atoms with Crippen LogP contribution in [0.5, 0.6) is 0 Å².